The summed E-state index contributed by atoms with van der Waals surface area (Å²) in [6.07, 6.45) is 4.21. The third-order valence-corrected chi connectivity index (χ3v) is 3.57. The van der Waals surface area contributed by atoms with Crippen molar-refractivity contribution in [2.24, 2.45) is 0 Å². The molecule has 2 aliphatic rings. The molecule has 0 aromatic heterocycles. The number of nitrogens with one attached hydrogen (secondary N) is 1. The zero-order valence-electron chi connectivity index (χ0n) is 8.98. The third-order valence-electron chi connectivity index (χ3n) is 3.57. The SMILES string of the molecule is FC(F)CNC1CCOC2(CCCC2)C1. The van der Waals surface area contributed by atoms with Crippen LogP contribution in [0.2, 0.25) is 0 Å². The Labute approximate surface area is 89.4 Å². The lowest BCUT2D eigenvalue weighted by Crippen LogP contribution is -2.46. The lowest BCUT2D eigenvalue weighted by Gasteiger charge is -2.38. The minimum atomic E-state index is -2.24. The molecule has 1 aliphatic heterocycles. The van der Waals surface area contributed by atoms with Crippen LogP contribution in [0.4, 0.5) is 8.78 Å². The van der Waals surface area contributed by atoms with Gasteiger partial charge in [0.25, 0.3) is 6.43 Å². The van der Waals surface area contributed by atoms with E-state index in [9.17, 15) is 8.78 Å². The van der Waals surface area contributed by atoms with E-state index in [1.807, 2.05) is 0 Å². The second kappa shape index (κ2) is 4.74. The van der Waals surface area contributed by atoms with Crippen molar-refractivity contribution in [3.63, 3.8) is 0 Å². The molecule has 4 heteroatoms. The van der Waals surface area contributed by atoms with Crippen molar-refractivity contribution in [3.05, 3.63) is 0 Å². The summed E-state index contributed by atoms with van der Waals surface area (Å²) in [6.45, 7) is 0.543. The van der Waals surface area contributed by atoms with Crippen LogP contribution < -0.4 is 5.32 Å². The van der Waals surface area contributed by atoms with E-state index in [-0.39, 0.29) is 18.2 Å². The van der Waals surface area contributed by atoms with Gasteiger partial charge in [-0.15, -0.1) is 0 Å². The Morgan fingerprint density at radius 3 is 2.73 bits per heavy atom. The molecule has 1 heterocycles. The molecule has 88 valence electrons. The highest BCUT2D eigenvalue weighted by Crippen LogP contribution is 2.39. The maximum absolute atomic E-state index is 12.1. The number of alkyl halides is 2. The standard InChI is InChI=1S/C11H19F2NO/c12-10(13)8-14-9-3-6-15-11(7-9)4-1-2-5-11/h9-10,14H,1-8H2. The molecular weight excluding hydrogens is 200 g/mol. The van der Waals surface area contributed by atoms with Gasteiger partial charge in [-0.05, 0) is 25.7 Å². The Kier molecular flexibility index (Phi) is 3.57. The molecule has 0 bridgehead atoms. The molecule has 2 fully saturated rings. The number of hydrogen-bond donors (Lipinski definition) is 1. The van der Waals surface area contributed by atoms with E-state index in [1.54, 1.807) is 0 Å². The molecule has 1 aliphatic carbocycles. The lowest BCUT2D eigenvalue weighted by atomic mass is 9.89. The van der Waals surface area contributed by atoms with E-state index in [1.165, 1.54) is 12.8 Å². The molecule has 2 nitrogen and oxygen atoms in total. The molecule has 15 heavy (non-hydrogen) atoms. The van der Waals surface area contributed by atoms with Crippen molar-refractivity contribution in [2.45, 2.75) is 56.6 Å². The first kappa shape index (κ1) is 11.3. The predicted molar refractivity (Wildman–Crippen MR) is 54.2 cm³/mol. The molecule has 1 spiro atoms. The molecule has 0 amide bonds. The molecular formula is C11H19F2NO. The lowest BCUT2D eigenvalue weighted by molar-refractivity contribution is -0.0846. The van der Waals surface area contributed by atoms with Crippen LogP contribution in [0, 0.1) is 0 Å². The average Bonchev–Trinajstić information content (AvgIpc) is 2.63. The summed E-state index contributed by atoms with van der Waals surface area (Å²) in [6, 6.07) is 0.228. The highest BCUT2D eigenvalue weighted by atomic mass is 19.3. The van der Waals surface area contributed by atoms with Gasteiger partial charge in [-0.2, -0.15) is 0 Å². The summed E-state index contributed by atoms with van der Waals surface area (Å²) in [4.78, 5) is 0. The van der Waals surface area contributed by atoms with Crippen LogP contribution >= 0.6 is 0 Å². The van der Waals surface area contributed by atoms with Gasteiger partial charge in [-0.25, -0.2) is 8.78 Å². The molecule has 1 saturated carbocycles. The second-order valence-corrected chi connectivity index (χ2v) is 4.73. The molecule has 1 atom stereocenters. The largest absolute Gasteiger partial charge is 0.375 e. The second-order valence-electron chi connectivity index (χ2n) is 4.73. The maximum atomic E-state index is 12.1. The van der Waals surface area contributed by atoms with Gasteiger partial charge in [0, 0.05) is 12.6 Å². The normalized spacial score (nSPS) is 30.2. The Morgan fingerprint density at radius 1 is 1.33 bits per heavy atom. The van der Waals surface area contributed by atoms with Crippen molar-refractivity contribution in [1.82, 2.24) is 5.32 Å². The average molecular weight is 219 g/mol. The minimum Gasteiger partial charge on any atom is -0.375 e. The summed E-state index contributed by atoms with van der Waals surface area (Å²) in [7, 11) is 0. The summed E-state index contributed by atoms with van der Waals surface area (Å²) < 4.78 is 30.0. The van der Waals surface area contributed by atoms with E-state index in [4.69, 9.17) is 4.74 Å². The fourth-order valence-corrected chi connectivity index (χ4v) is 2.83. The summed E-state index contributed by atoms with van der Waals surface area (Å²) in [5.74, 6) is 0. The number of ether oxygens (including phenoxy) is 1. The molecule has 1 N–H and O–H groups in total. The fraction of sp³-hybridized carbons (Fsp3) is 1.00. The molecule has 0 aromatic rings. The van der Waals surface area contributed by atoms with Crippen molar-refractivity contribution in [2.75, 3.05) is 13.2 Å². The van der Waals surface area contributed by atoms with Gasteiger partial charge in [0.05, 0.1) is 12.1 Å². The number of halogens is 2. The van der Waals surface area contributed by atoms with Gasteiger partial charge < -0.3 is 10.1 Å². The van der Waals surface area contributed by atoms with Crippen LogP contribution in [0.3, 0.4) is 0 Å². The Balaban J connectivity index is 1.81. The topological polar surface area (TPSA) is 21.3 Å². The third kappa shape index (κ3) is 2.88. The van der Waals surface area contributed by atoms with Gasteiger partial charge >= 0.3 is 0 Å². The van der Waals surface area contributed by atoms with Crippen LogP contribution in [0.15, 0.2) is 0 Å². The van der Waals surface area contributed by atoms with E-state index in [0.29, 0.717) is 0 Å². The van der Waals surface area contributed by atoms with Crippen LogP contribution in [0.5, 0.6) is 0 Å². The smallest absolute Gasteiger partial charge is 0.250 e. The Morgan fingerprint density at radius 2 is 2.07 bits per heavy atom. The first-order chi connectivity index (χ1) is 7.20. The minimum absolute atomic E-state index is 0.0258. The number of rotatable bonds is 3. The molecule has 1 saturated heterocycles. The number of hydrogen-bond acceptors (Lipinski definition) is 2. The first-order valence-corrected chi connectivity index (χ1v) is 5.86. The van der Waals surface area contributed by atoms with E-state index < -0.39 is 6.43 Å². The van der Waals surface area contributed by atoms with Crippen molar-refractivity contribution < 1.29 is 13.5 Å². The van der Waals surface area contributed by atoms with Crippen LogP contribution in [-0.2, 0) is 4.74 Å². The summed E-state index contributed by atoms with van der Waals surface area (Å²) in [5.41, 5.74) is 0.0258. The van der Waals surface area contributed by atoms with Gasteiger partial charge in [-0.3, -0.25) is 0 Å². The maximum Gasteiger partial charge on any atom is 0.250 e. The van der Waals surface area contributed by atoms with Gasteiger partial charge in [0.1, 0.15) is 0 Å². The van der Waals surface area contributed by atoms with Gasteiger partial charge in [0.15, 0.2) is 0 Å². The fourth-order valence-electron chi connectivity index (χ4n) is 2.83. The predicted octanol–water partition coefficient (Wildman–Crippen LogP) is 2.33. The van der Waals surface area contributed by atoms with Crippen molar-refractivity contribution in [1.29, 1.82) is 0 Å². The summed E-state index contributed by atoms with van der Waals surface area (Å²) >= 11 is 0. The molecule has 1 unspecified atom stereocenters. The van der Waals surface area contributed by atoms with Crippen molar-refractivity contribution >= 4 is 0 Å². The van der Waals surface area contributed by atoms with Crippen LogP contribution in [0.1, 0.15) is 38.5 Å². The van der Waals surface area contributed by atoms with E-state index >= 15 is 0 Å². The zero-order valence-corrected chi connectivity index (χ0v) is 8.98. The quantitative estimate of drug-likeness (QED) is 0.786. The van der Waals surface area contributed by atoms with E-state index in [0.717, 1.165) is 32.3 Å². The molecule has 0 radical (unpaired) electrons. The van der Waals surface area contributed by atoms with Gasteiger partial charge in [-0.1, -0.05) is 12.8 Å². The van der Waals surface area contributed by atoms with Crippen LogP contribution in [0.25, 0.3) is 0 Å². The highest BCUT2D eigenvalue weighted by molar-refractivity contribution is 4.93. The highest BCUT2D eigenvalue weighted by Gasteiger charge is 2.39. The van der Waals surface area contributed by atoms with E-state index in [2.05, 4.69) is 5.32 Å². The van der Waals surface area contributed by atoms with Gasteiger partial charge in [0.2, 0.25) is 0 Å². The molecule has 0 aromatic carbocycles. The zero-order chi connectivity index (χ0) is 10.7. The Bertz CT molecular complexity index is 205. The first-order valence-electron chi connectivity index (χ1n) is 5.86. The van der Waals surface area contributed by atoms with Crippen LogP contribution in [-0.4, -0.2) is 31.2 Å². The molecule has 2 rings (SSSR count). The van der Waals surface area contributed by atoms with Crippen molar-refractivity contribution in [3.8, 4) is 0 Å². The Hall–Kier alpha value is -0.220. The summed E-state index contributed by atoms with van der Waals surface area (Å²) in [5, 5.41) is 2.94. The monoisotopic (exact) mass is 219 g/mol.